The second kappa shape index (κ2) is 11.4. The first kappa shape index (κ1) is 27.4. The van der Waals surface area contributed by atoms with Crippen molar-refractivity contribution >= 4 is 42.3 Å². The summed E-state index contributed by atoms with van der Waals surface area (Å²) in [6.45, 7) is 4.10. The third-order valence-electron chi connectivity index (χ3n) is 6.78. The number of carbonyl (C=O) groups is 4. The number of carbonyl (C=O) groups excluding carboxylic acids is 4. The largest absolute Gasteiger partial charge is 0.536 e. The molecule has 1 fully saturated rings. The lowest BCUT2D eigenvalue weighted by Crippen LogP contribution is -2.58. The van der Waals surface area contributed by atoms with E-state index in [0.29, 0.717) is 18.7 Å². The van der Waals surface area contributed by atoms with Gasteiger partial charge in [-0.2, -0.15) is 0 Å². The molecule has 1 saturated heterocycles. The lowest BCUT2D eigenvalue weighted by atomic mass is 9.64. The monoisotopic (exact) mass is 542 g/mol. The Morgan fingerprint density at radius 2 is 2.03 bits per heavy atom. The van der Waals surface area contributed by atoms with Crippen molar-refractivity contribution in [3.8, 4) is 11.6 Å². The molecule has 2 aliphatic heterocycles. The van der Waals surface area contributed by atoms with Gasteiger partial charge >= 0.3 is 25.0 Å². The molecule has 0 bridgehead atoms. The number of nitrogens with zero attached hydrogens (tertiary/aromatic N) is 3. The van der Waals surface area contributed by atoms with Crippen LogP contribution in [0.3, 0.4) is 0 Å². The van der Waals surface area contributed by atoms with E-state index in [1.165, 1.54) is 24.1 Å². The number of fused-ring (bicyclic) bond motifs is 1. The second-order valence-corrected chi connectivity index (χ2v) is 9.52. The fourth-order valence-corrected chi connectivity index (χ4v) is 4.91. The van der Waals surface area contributed by atoms with Crippen LogP contribution in [-0.2, 0) is 20.8 Å². The van der Waals surface area contributed by atoms with E-state index in [9.17, 15) is 24.2 Å². The van der Waals surface area contributed by atoms with Gasteiger partial charge in [-0.05, 0) is 37.5 Å². The summed E-state index contributed by atoms with van der Waals surface area (Å²) in [4.78, 5) is 57.8. The molecule has 2 atom stereocenters. The predicted octanol–water partition coefficient (Wildman–Crippen LogP) is 1.94. The Hall–Kier alpha value is -3.64. The van der Waals surface area contributed by atoms with Crippen LogP contribution in [-0.4, -0.2) is 77.3 Å². The molecular formula is C25H28BClN4O7. The molecule has 0 spiro atoms. The number of imide groups is 1. The summed E-state index contributed by atoms with van der Waals surface area (Å²) in [5, 5.41) is 13.1. The molecule has 2 aliphatic rings. The number of benzene rings is 1. The first-order valence-electron chi connectivity index (χ1n) is 12.2. The van der Waals surface area contributed by atoms with Crippen LogP contribution in [0.1, 0.15) is 36.1 Å². The smallest absolute Gasteiger partial charge is 0.526 e. The van der Waals surface area contributed by atoms with E-state index in [2.05, 4.69) is 10.3 Å². The number of amides is 4. The molecule has 1 aromatic carbocycles. The molecule has 4 rings (SSSR count). The highest BCUT2D eigenvalue weighted by molar-refractivity contribution is 6.47. The molecule has 0 aliphatic carbocycles. The number of aromatic nitrogens is 1. The number of pyridine rings is 1. The lowest BCUT2D eigenvalue weighted by Gasteiger charge is -2.33. The molecule has 1 unspecified atom stereocenters. The third kappa shape index (κ3) is 5.46. The Morgan fingerprint density at radius 3 is 2.71 bits per heavy atom. The fraction of sp³-hybridized carbons (Fsp3) is 0.400. The number of hydrogen-bond acceptors (Lipinski definition) is 8. The number of methoxy groups -OCH3 is 1. The Morgan fingerprint density at radius 1 is 1.26 bits per heavy atom. The standard InChI is InChI=1S/C25H28BClN4O7/c1-4-30-10-11-31(24(34)23(30)33)25(35)29-20(17-8-9-19(37-3)28-22(17)27)18(32)13-16-12-15-7-5-6-14(2)21(15)38-26(16)36/h5-9,16,20,36H,4,10-13H2,1-3H3,(H,29,35)/t16-,20?/m1/s1. The van der Waals surface area contributed by atoms with Crippen molar-refractivity contribution in [1.29, 1.82) is 0 Å². The summed E-state index contributed by atoms with van der Waals surface area (Å²) < 4.78 is 10.8. The maximum absolute atomic E-state index is 13.6. The van der Waals surface area contributed by atoms with E-state index >= 15 is 0 Å². The first-order valence-corrected chi connectivity index (χ1v) is 12.6. The zero-order valence-corrected chi connectivity index (χ0v) is 22.0. The molecule has 0 radical (unpaired) electrons. The number of nitrogens with one attached hydrogen (secondary N) is 1. The van der Waals surface area contributed by atoms with Crippen LogP contribution >= 0.6 is 11.6 Å². The van der Waals surface area contributed by atoms with Gasteiger partial charge in [-0.15, -0.1) is 0 Å². The van der Waals surface area contributed by atoms with Crippen LogP contribution in [0, 0.1) is 6.92 Å². The van der Waals surface area contributed by atoms with Crippen LogP contribution in [0.15, 0.2) is 30.3 Å². The minimum Gasteiger partial charge on any atom is -0.536 e. The predicted molar refractivity (Wildman–Crippen MR) is 138 cm³/mol. The van der Waals surface area contributed by atoms with Gasteiger partial charge in [-0.1, -0.05) is 29.8 Å². The van der Waals surface area contributed by atoms with Crippen molar-refractivity contribution in [2.75, 3.05) is 26.7 Å². The van der Waals surface area contributed by atoms with Gasteiger partial charge in [0.2, 0.25) is 5.88 Å². The van der Waals surface area contributed by atoms with Gasteiger partial charge < -0.3 is 24.6 Å². The van der Waals surface area contributed by atoms with Gasteiger partial charge in [0.1, 0.15) is 16.9 Å². The Kier molecular flexibility index (Phi) is 8.22. The lowest BCUT2D eigenvalue weighted by molar-refractivity contribution is -0.153. The van der Waals surface area contributed by atoms with Gasteiger partial charge in [0.05, 0.1) is 7.11 Å². The summed E-state index contributed by atoms with van der Waals surface area (Å²) in [6, 6.07) is 6.36. The number of Topliss-reactive ketones (excluding diaryl/α,β-unsaturated/α-hetero) is 1. The molecule has 38 heavy (non-hydrogen) atoms. The molecule has 13 heteroatoms. The van der Waals surface area contributed by atoms with Crippen LogP contribution in [0.4, 0.5) is 4.79 Å². The summed E-state index contributed by atoms with van der Waals surface area (Å²) in [6.07, 6.45) is 0.212. The van der Waals surface area contributed by atoms with Crippen LogP contribution < -0.4 is 14.7 Å². The van der Waals surface area contributed by atoms with E-state index in [1.807, 2.05) is 25.1 Å². The molecule has 3 heterocycles. The summed E-state index contributed by atoms with van der Waals surface area (Å²) in [5.74, 6) is -2.07. The number of urea groups is 1. The van der Waals surface area contributed by atoms with Gasteiger partial charge in [0.25, 0.3) is 0 Å². The van der Waals surface area contributed by atoms with Crippen molar-refractivity contribution < 1.29 is 33.6 Å². The number of ether oxygens (including phenoxy) is 1. The maximum atomic E-state index is 13.6. The summed E-state index contributed by atoms with van der Waals surface area (Å²) in [7, 11) is 0.167. The number of para-hydroxylation sites is 1. The minimum atomic E-state index is -1.31. The first-order chi connectivity index (χ1) is 18.1. The Labute approximate surface area is 225 Å². The van der Waals surface area contributed by atoms with Crippen LogP contribution in [0.25, 0.3) is 0 Å². The van der Waals surface area contributed by atoms with Gasteiger partial charge in [-0.25, -0.2) is 9.78 Å². The van der Waals surface area contributed by atoms with Crippen molar-refractivity contribution in [3.63, 3.8) is 0 Å². The minimum absolute atomic E-state index is 0.0228. The number of aryl methyl sites for hydroxylation is 1. The zero-order valence-electron chi connectivity index (χ0n) is 21.3. The van der Waals surface area contributed by atoms with Gasteiger partial charge in [-0.3, -0.25) is 19.3 Å². The van der Waals surface area contributed by atoms with E-state index in [0.717, 1.165) is 16.0 Å². The van der Waals surface area contributed by atoms with Crippen LogP contribution in [0.2, 0.25) is 11.0 Å². The highest BCUT2D eigenvalue weighted by Gasteiger charge is 2.41. The zero-order chi connectivity index (χ0) is 27.6. The van der Waals surface area contributed by atoms with Crippen molar-refractivity contribution in [2.45, 2.75) is 38.5 Å². The number of likely N-dealkylation sites (N-methyl/N-ethyl adjacent to an activating group) is 1. The van der Waals surface area contributed by atoms with Crippen LogP contribution in [0.5, 0.6) is 11.6 Å². The normalized spacial score (nSPS) is 18.0. The maximum Gasteiger partial charge on any atom is 0.526 e. The average Bonchev–Trinajstić information content (AvgIpc) is 2.89. The average molecular weight is 543 g/mol. The number of halogens is 1. The van der Waals surface area contributed by atoms with E-state index in [4.69, 9.17) is 21.0 Å². The Bertz CT molecular complexity index is 1280. The summed E-state index contributed by atoms with van der Waals surface area (Å²) in [5.41, 5.74) is 1.91. The quantitative estimate of drug-likeness (QED) is 0.307. The van der Waals surface area contributed by atoms with E-state index in [1.54, 1.807) is 6.92 Å². The molecule has 4 amide bonds. The highest BCUT2D eigenvalue weighted by Crippen LogP contribution is 2.37. The molecule has 11 nitrogen and oxygen atoms in total. The molecule has 2 aromatic rings. The van der Waals surface area contributed by atoms with Gasteiger partial charge in [0, 0.05) is 43.5 Å². The number of ketones is 1. The number of hydrogen-bond donors (Lipinski definition) is 2. The van der Waals surface area contributed by atoms with Crippen molar-refractivity contribution in [1.82, 2.24) is 20.1 Å². The molecule has 0 saturated carbocycles. The van der Waals surface area contributed by atoms with Crippen molar-refractivity contribution in [3.05, 3.63) is 52.2 Å². The molecule has 1 aromatic heterocycles. The second-order valence-electron chi connectivity index (χ2n) is 9.16. The molecule has 2 N–H and O–H groups in total. The summed E-state index contributed by atoms with van der Waals surface area (Å²) >= 11 is 6.35. The number of rotatable bonds is 7. The molecule has 200 valence electrons. The Balaban J connectivity index is 1.58. The van der Waals surface area contributed by atoms with Gasteiger partial charge in [0.15, 0.2) is 5.78 Å². The van der Waals surface area contributed by atoms with E-state index in [-0.39, 0.29) is 36.1 Å². The molecular weight excluding hydrogens is 515 g/mol. The fourth-order valence-electron chi connectivity index (χ4n) is 4.65. The number of piperazine rings is 1. The van der Waals surface area contributed by atoms with E-state index < -0.39 is 42.6 Å². The SMILES string of the molecule is CCN1CCN(C(=O)NC(C(=O)C[C@H]2Cc3cccc(C)c3OB2O)c2ccc(OC)nc2Cl)C(=O)C1=O. The third-order valence-corrected chi connectivity index (χ3v) is 7.08. The highest BCUT2D eigenvalue weighted by atomic mass is 35.5. The van der Waals surface area contributed by atoms with Crippen molar-refractivity contribution in [2.24, 2.45) is 0 Å². The topological polar surface area (TPSA) is 138 Å².